The van der Waals surface area contributed by atoms with Crippen LogP contribution in [0.2, 0.25) is 0 Å². The standard InChI is InChI=1S/C12H25NO.2C2H6/c1-4-5-6-7-8-11(2)9-10-13-12(3)14;2*1-2/h11H,4-10H2,1-3H3,(H,13,14);2*1-2H3. The van der Waals surface area contributed by atoms with Crippen LogP contribution in [-0.2, 0) is 4.79 Å². The van der Waals surface area contributed by atoms with Crippen molar-refractivity contribution in [1.82, 2.24) is 5.32 Å². The first-order chi connectivity index (χ1) is 8.66. The van der Waals surface area contributed by atoms with E-state index < -0.39 is 0 Å². The van der Waals surface area contributed by atoms with Crippen molar-refractivity contribution >= 4 is 5.91 Å². The fraction of sp³-hybridized carbons (Fsp3) is 0.938. The van der Waals surface area contributed by atoms with E-state index in [4.69, 9.17) is 0 Å². The van der Waals surface area contributed by atoms with Crippen LogP contribution in [0.1, 0.15) is 87.0 Å². The van der Waals surface area contributed by atoms with Gasteiger partial charge in [0.1, 0.15) is 0 Å². The third-order valence-corrected chi connectivity index (χ3v) is 2.56. The van der Waals surface area contributed by atoms with Gasteiger partial charge in [0.25, 0.3) is 0 Å². The van der Waals surface area contributed by atoms with Crippen LogP contribution in [0.4, 0.5) is 0 Å². The fourth-order valence-corrected chi connectivity index (χ4v) is 1.56. The first-order valence-corrected chi connectivity index (χ1v) is 7.91. The van der Waals surface area contributed by atoms with Gasteiger partial charge in [-0.25, -0.2) is 0 Å². The van der Waals surface area contributed by atoms with Crippen LogP contribution in [0.25, 0.3) is 0 Å². The summed E-state index contributed by atoms with van der Waals surface area (Å²) in [7, 11) is 0. The zero-order valence-electron chi connectivity index (χ0n) is 13.9. The number of unbranched alkanes of at least 4 members (excludes halogenated alkanes) is 3. The molecule has 18 heavy (non-hydrogen) atoms. The van der Waals surface area contributed by atoms with E-state index in [9.17, 15) is 4.79 Å². The summed E-state index contributed by atoms with van der Waals surface area (Å²) in [4.78, 5) is 10.6. The summed E-state index contributed by atoms with van der Waals surface area (Å²) in [5.41, 5.74) is 0. The van der Waals surface area contributed by atoms with Crippen LogP contribution in [-0.4, -0.2) is 12.5 Å². The third kappa shape index (κ3) is 24.6. The van der Waals surface area contributed by atoms with Crippen molar-refractivity contribution in [3.8, 4) is 0 Å². The van der Waals surface area contributed by atoms with Gasteiger partial charge in [-0.1, -0.05) is 73.6 Å². The Kier molecular flexibility index (Phi) is 27.3. The molecule has 0 aliphatic carbocycles. The minimum atomic E-state index is 0.0863. The molecule has 0 aromatic rings. The van der Waals surface area contributed by atoms with E-state index in [0.717, 1.165) is 18.9 Å². The number of nitrogens with one attached hydrogen (secondary N) is 1. The number of amides is 1. The summed E-state index contributed by atoms with van der Waals surface area (Å²) < 4.78 is 0. The Balaban J connectivity index is -0.000000506. The van der Waals surface area contributed by atoms with E-state index in [2.05, 4.69) is 19.2 Å². The molecule has 2 nitrogen and oxygen atoms in total. The fourth-order valence-electron chi connectivity index (χ4n) is 1.56. The lowest BCUT2D eigenvalue weighted by Crippen LogP contribution is -2.22. The molecule has 0 fully saturated rings. The van der Waals surface area contributed by atoms with Crippen molar-refractivity contribution in [2.24, 2.45) is 5.92 Å². The number of carbonyl (C=O) groups is 1. The molecular weight excluding hydrogens is 222 g/mol. The molecule has 1 unspecified atom stereocenters. The lowest BCUT2D eigenvalue weighted by molar-refractivity contribution is -0.118. The van der Waals surface area contributed by atoms with E-state index >= 15 is 0 Å². The topological polar surface area (TPSA) is 29.1 Å². The molecule has 1 N–H and O–H groups in total. The Morgan fingerprint density at radius 1 is 1.00 bits per heavy atom. The van der Waals surface area contributed by atoms with Crippen molar-refractivity contribution in [1.29, 1.82) is 0 Å². The highest BCUT2D eigenvalue weighted by atomic mass is 16.1. The second-order valence-corrected chi connectivity index (χ2v) is 4.23. The average Bonchev–Trinajstić information content (AvgIpc) is 2.39. The normalized spacial score (nSPS) is 10.4. The van der Waals surface area contributed by atoms with Gasteiger partial charge in [-0.2, -0.15) is 0 Å². The summed E-state index contributed by atoms with van der Waals surface area (Å²) >= 11 is 0. The van der Waals surface area contributed by atoms with Gasteiger partial charge in [0, 0.05) is 13.5 Å². The lowest BCUT2D eigenvalue weighted by Gasteiger charge is -2.10. The molecule has 2 heteroatoms. The van der Waals surface area contributed by atoms with E-state index in [1.165, 1.54) is 32.1 Å². The number of hydrogen-bond donors (Lipinski definition) is 1. The van der Waals surface area contributed by atoms with Gasteiger partial charge in [0.15, 0.2) is 0 Å². The summed E-state index contributed by atoms with van der Waals surface area (Å²) in [6, 6.07) is 0. The Bertz CT molecular complexity index is 146. The maximum atomic E-state index is 10.6. The molecule has 0 bridgehead atoms. The lowest BCUT2D eigenvalue weighted by atomic mass is 9.99. The van der Waals surface area contributed by atoms with Crippen molar-refractivity contribution < 1.29 is 4.79 Å². The van der Waals surface area contributed by atoms with Gasteiger partial charge in [-0.3, -0.25) is 4.79 Å². The van der Waals surface area contributed by atoms with Crippen molar-refractivity contribution in [2.75, 3.05) is 6.54 Å². The number of rotatable bonds is 8. The van der Waals surface area contributed by atoms with Gasteiger partial charge in [-0.05, 0) is 12.3 Å². The Morgan fingerprint density at radius 3 is 2.00 bits per heavy atom. The van der Waals surface area contributed by atoms with E-state index in [1.807, 2.05) is 27.7 Å². The zero-order valence-corrected chi connectivity index (χ0v) is 13.9. The van der Waals surface area contributed by atoms with Crippen LogP contribution in [0.5, 0.6) is 0 Å². The van der Waals surface area contributed by atoms with Crippen LogP contribution in [0.3, 0.4) is 0 Å². The minimum Gasteiger partial charge on any atom is -0.356 e. The van der Waals surface area contributed by atoms with Gasteiger partial charge in [0.2, 0.25) is 5.91 Å². The molecule has 0 rings (SSSR count). The first kappa shape index (κ1) is 22.6. The molecule has 112 valence electrons. The van der Waals surface area contributed by atoms with Crippen molar-refractivity contribution in [3.05, 3.63) is 0 Å². The summed E-state index contributed by atoms with van der Waals surface area (Å²) in [5.74, 6) is 0.835. The van der Waals surface area contributed by atoms with Crippen LogP contribution in [0.15, 0.2) is 0 Å². The quantitative estimate of drug-likeness (QED) is 0.598. The number of carbonyl (C=O) groups excluding carboxylic acids is 1. The molecular formula is C16H37NO. The SMILES string of the molecule is CC.CC.CCCCCCC(C)CCNC(C)=O. The van der Waals surface area contributed by atoms with Crippen LogP contribution >= 0.6 is 0 Å². The molecule has 0 spiro atoms. The highest BCUT2D eigenvalue weighted by Gasteiger charge is 2.01. The van der Waals surface area contributed by atoms with E-state index in [-0.39, 0.29) is 5.91 Å². The van der Waals surface area contributed by atoms with Gasteiger partial charge in [0.05, 0.1) is 0 Å². The Hall–Kier alpha value is -0.530. The zero-order chi connectivity index (χ0) is 14.8. The third-order valence-electron chi connectivity index (χ3n) is 2.56. The molecule has 1 amide bonds. The maximum Gasteiger partial charge on any atom is 0.216 e. The summed E-state index contributed by atoms with van der Waals surface area (Å²) in [6.07, 6.45) is 7.79. The molecule has 0 aliphatic rings. The molecule has 0 saturated carbocycles. The highest BCUT2D eigenvalue weighted by Crippen LogP contribution is 2.12. The second kappa shape index (κ2) is 21.7. The van der Waals surface area contributed by atoms with Crippen molar-refractivity contribution in [2.45, 2.75) is 87.0 Å². The smallest absolute Gasteiger partial charge is 0.216 e. The monoisotopic (exact) mass is 259 g/mol. The predicted octanol–water partition coefficient (Wildman–Crippen LogP) is 5.17. The van der Waals surface area contributed by atoms with Gasteiger partial charge >= 0.3 is 0 Å². The van der Waals surface area contributed by atoms with E-state index in [0.29, 0.717) is 0 Å². The molecule has 0 heterocycles. The van der Waals surface area contributed by atoms with Gasteiger partial charge < -0.3 is 5.32 Å². The largest absolute Gasteiger partial charge is 0.356 e. The summed E-state index contributed by atoms with van der Waals surface area (Å²) in [5, 5.41) is 2.84. The van der Waals surface area contributed by atoms with Crippen LogP contribution in [0, 0.1) is 5.92 Å². The first-order valence-electron chi connectivity index (χ1n) is 7.91. The Labute approximate surface area is 116 Å². The molecule has 0 aliphatic heterocycles. The molecule has 0 radical (unpaired) electrons. The minimum absolute atomic E-state index is 0.0863. The second-order valence-electron chi connectivity index (χ2n) is 4.23. The van der Waals surface area contributed by atoms with Gasteiger partial charge in [-0.15, -0.1) is 0 Å². The molecule has 0 aromatic carbocycles. The predicted molar refractivity (Wildman–Crippen MR) is 83.9 cm³/mol. The van der Waals surface area contributed by atoms with Crippen molar-refractivity contribution in [3.63, 3.8) is 0 Å². The highest BCUT2D eigenvalue weighted by molar-refractivity contribution is 5.72. The van der Waals surface area contributed by atoms with Crippen LogP contribution < -0.4 is 5.32 Å². The van der Waals surface area contributed by atoms with E-state index in [1.54, 1.807) is 6.92 Å². The number of hydrogen-bond acceptors (Lipinski definition) is 1. The Morgan fingerprint density at radius 2 is 1.56 bits per heavy atom. The molecule has 0 saturated heterocycles. The maximum absolute atomic E-state index is 10.6. The molecule has 1 atom stereocenters. The average molecular weight is 259 g/mol. The molecule has 0 aromatic heterocycles. The summed E-state index contributed by atoms with van der Waals surface area (Å²) in [6.45, 7) is 14.9.